The zero-order chi connectivity index (χ0) is 24.3. The van der Waals surface area contributed by atoms with Gasteiger partial charge in [-0.15, -0.1) is 0 Å². The van der Waals surface area contributed by atoms with E-state index in [9.17, 15) is 22.8 Å². The molecule has 0 aliphatic carbocycles. The topological polar surface area (TPSA) is 139 Å². The fourth-order valence-corrected chi connectivity index (χ4v) is 5.59. The van der Waals surface area contributed by atoms with Gasteiger partial charge in [0.25, 0.3) is 5.56 Å². The van der Waals surface area contributed by atoms with Gasteiger partial charge in [0.1, 0.15) is 5.82 Å². The maximum atomic E-state index is 13.3. The van der Waals surface area contributed by atoms with Crippen LogP contribution in [0.2, 0.25) is 5.02 Å². The number of hydrogen-bond acceptors (Lipinski definition) is 6. The van der Waals surface area contributed by atoms with E-state index < -0.39 is 33.1 Å². The minimum absolute atomic E-state index is 0.0264. The fourth-order valence-electron chi connectivity index (χ4n) is 3.94. The average Bonchev–Trinajstić information content (AvgIpc) is 2.78. The molecule has 1 aromatic heterocycles. The first-order valence-electron chi connectivity index (χ1n) is 10.7. The van der Waals surface area contributed by atoms with Gasteiger partial charge in [0.2, 0.25) is 15.9 Å². The SMILES string of the molecule is CCCCn1c(N)c(N(C)C(=O)C2CCCN(S(=O)(=O)c3ccc(Cl)cc3)C2)c(=O)[nH]c1=O. The van der Waals surface area contributed by atoms with Crippen LogP contribution in [0.25, 0.3) is 0 Å². The molecule has 1 aromatic carbocycles. The van der Waals surface area contributed by atoms with Gasteiger partial charge in [0.05, 0.1) is 10.8 Å². The largest absolute Gasteiger partial charge is 0.383 e. The van der Waals surface area contributed by atoms with Crippen molar-refractivity contribution in [1.29, 1.82) is 0 Å². The summed E-state index contributed by atoms with van der Waals surface area (Å²) < 4.78 is 28.6. The Morgan fingerprint density at radius 1 is 1.27 bits per heavy atom. The Balaban J connectivity index is 1.86. The van der Waals surface area contributed by atoms with E-state index in [2.05, 4.69) is 4.98 Å². The Labute approximate surface area is 197 Å². The van der Waals surface area contributed by atoms with Gasteiger partial charge in [-0.1, -0.05) is 24.9 Å². The third-order valence-corrected chi connectivity index (χ3v) is 7.93. The predicted octanol–water partition coefficient (Wildman–Crippen LogP) is 1.64. The number of aromatic nitrogens is 2. The van der Waals surface area contributed by atoms with Crippen LogP contribution in [0.3, 0.4) is 0 Å². The molecule has 0 bridgehead atoms. The molecule has 0 spiro atoms. The number of halogens is 1. The number of nitrogens with two attached hydrogens (primary N) is 1. The van der Waals surface area contributed by atoms with Gasteiger partial charge in [-0.2, -0.15) is 4.31 Å². The molecule has 2 aromatic rings. The number of amides is 1. The lowest BCUT2D eigenvalue weighted by molar-refractivity contribution is -0.123. The second-order valence-electron chi connectivity index (χ2n) is 8.05. The molecule has 0 saturated carbocycles. The van der Waals surface area contributed by atoms with Gasteiger partial charge in [-0.05, 0) is 43.5 Å². The number of benzene rings is 1. The summed E-state index contributed by atoms with van der Waals surface area (Å²) in [5.74, 6) is -1.20. The number of anilines is 2. The van der Waals surface area contributed by atoms with Crippen LogP contribution in [0.5, 0.6) is 0 Å². The van der Waals surface area contributed by atoms with E-state index in [0.29, 0.717) is 30.8 Å². The molecule has 10 nitrogen and oxygen atoms in total. The van der Waals surface area contributed by atoms with E-state index >= 15 is 0 Å². The third kappa shape index (κ3) is 5.15. The zero-order valence-electron chi connectivity index (χ0n) is 18.6. The lowest BCUT2D eigenvalue weighted by Gasteiger charge is -2.33. The molecule has 33 heavy (non-hydrogen) atoms. The highest BCUT2D eigenvalue weighted by Gasteiger charge is 2.35. The zero-order valence-corrected chi connectivity index (χ0v) is 20.2. The summed E-state index contributed by atoms with van der Waals surface area (Å²) >= 11 is 5.86. The molecular formula is C21H28ClN5O5S. The number of aromatic amines is 1. The van der Waals surface area contributed by atoms with Crippen LogP contribution in [-0.2, 0) is 21.4 Å². The van der Waals surface area contributed by atoms with Crippen molar-refractivity contribution in [3.05, 3.63) is 50.1 Å². The number of nitrogens with one attached hydrogen (secondary N) is 1. The number of hydrogen-bond donors (Lipinski definition) is 2. The number of nitrogens with zero attached hydrogens (tertiary/aromatic N) is 3. The second kappa shape index (κ2) is 10.1. The molecule has 180 valence electrons. The molecule has 3 N–H and O–H groups in total. The molecule has 1 atom stereocenters. The number of rotatable bonds is 7. The van der Waals surface area contributed by atoms with Crippen molar-refractivity contribution in [2.75, 3.05) is 30.8 Å². The quantitative estimate of drug-likeness (QED) is 0.596. The molecule has 1 fully saturated rings. The van der Waals surface area contributed by atoms with Crippen LogP contribution in [0, 0.1) is 5.92 Å². The Hall–Kier alpha value is -2.63. The normalized spacial score (nSPS) is 17.1. The van der Waals surface area contributed by atoms with Gasteiger partial charge in [0, 0.05) is 31.7 Å². The van der Waals surface area contributed by atoms with E-state index in [-0.39, 0.29) is 29.5 Å². The highest BCUT2D eigenvalue weighted by atomic mass is 35.5. The average molecular weight is 498 g/mol. The molecule has 1 aliphatic rings. The molecule has 2 heterocycles. The van der Waals surface area contributed by atoms with E-state index in [1.54, 1.807) is 0 Å². The molecule has 1 aliphatic heterocycles. The summed E-state index contributed by atoms with van der Waals surface area (Å²) in [4.78, 5) is 41.3. The van der Waals surface area contributed by atoms with Crippen LogP contribution in [0.4, 0.5) is 11.5 Å². The Morgan fingerprint density at radius 2 is 1.94 bits per heavy atom. The number of sulfonamides is 1. The van der Waals surface area contributed by atoms with Gasteiger partial charge in [-0.25, -0.2) is 13.2 Å². The summed E-state index contributed by atoms with van der Waals surface area (Å²) in [6.07, 6.45) is 2.44. The van der Waals surface area contributed by atoms with Crippen molar-refractivity contribution in [2.45, 2.75) is 44.0 Å². The van der Waals surface area contributed by atoms with Crippen LogP contribution in [0.15, 0.2) is 38.8 Å². The van der Waals surface area contributed by atoms with Gasteiger partial charge < -0.3 is 10.6 Å². The van der Waals surface area contributed by atoms with E-state index in [1.165, 1.54) is 40.2 Å². The standard InChI is InChI=1S/C21H28ClN5O5S/c1-3-4-12-27-18(23)17(19(28)24-21(27)30)25(2)20(29)14-6-5-11-26(13-14)33(31,32)16-9-7-15(22)8-10-16/h7-10,14H,3-6,11-13,23H2,1-2H3,(H,24,28,30). The molecule has 3 rings (SSSR count). The van der Waals surface area contributed by atoms with Crippen molar-refractivity contribution in [1.82, 2.24) is 13.9 Å². The lowest BCUT2D eigenvalue weighted by Crippen LogP contribution is -2.47. The van der Waals surface area contributed by atoms with Crippen molar-refractivity contribution >= 4 is 39.0 Å². The smallest absolute Gasteiger partial charge is 0.330 e. The van der Waals surface area contributed by atoms with E-state index in [0.717, 1.165) is 11.3 Å². The van der Waals surface area contributed by atoms with Crippen molar-refractivity contribution in [2.24, 2.45) is 5.92 Å². The minimum atomic E-state index is -3.81. The maximum absolute atomic E-state index is 13.3. The van der Waals surface area contributed by atoms with Gasteiger partial charge >= 0.3 is 5.69 Å². The lowest BCUT2D eigenvalue weighted by atomic mass is 9.98. The molecule has 0 radical (unpaired) electrons. The second-order valence-corrected chi connectivity index (χ2v) is 10.4. The maximum Gasteiger partial charge on any atom is 0.330 e. The van der Waals surface area contributed by atoms with Gasteiger partial charge in [-0.3, -0.25) is 19.1 Å². The summed E-state index contributed by atoms with van der Waals surface area (Å²) in [5.41, 5.74) is 4.60. The highest BCUT2D eigenvalue weighted by molar-refractivity contribution is 7.89. The minimum Gasteiger partial charge on any atom is -0.383 e. The molecule has 1 amide bonds. The van der Waals surface area contributed by atoms with Gasteiger partial charge in [0.15, 0.2) is 5.69 Å². The third-order valence-electron chi connectivity index (χ3n) is 5.80. The number of unbranched alkanes of at least 4 members (excludes halogenated alkanes) is 1. The van der Waals surface area contributed by atoms with Crippen LogP contribution in [-0.4, -0.2) is 48.3 Å². The summed E-state index contributed by atoms with van der Waals surface area (Å²) in [7, 11) is -2.40. The van der Waals surface area contributed by atoms with E-state index in [1.807, 2.05) is 6.92 Å². The first-order chi connectivity index (χ1) is 15.6. The first-order valence-corrected chi connectivity index (χ1v) is 12.6. The summed E-state index contributed by atoms with van der Waals surface area (Å²) in [6.45, 7) is 2.52. The fraction of sp³-hybridized carbons (Fsp3) is 0.476. The summed E-state index contributed by atoms with van der Waals surface area (Å²) in [6, 6.07) is 5.85. The molecule has 1 unspecified atom stereocenters. The molecular weight excluding hydrogens is 470 g/mol. The molecule has 12 heteroatoms. The number of nitrogen functional groups attached to an aromatic ring is 1. The first kappa shape index (κ1) is 25.0. The van der Waals surface area contributed by atoms with Crippen LogP contribution >= 0.6 is 11.6 Å². The van der Waals surface area contributed by atoms with E-state index in [4.69, 9.17) is 17.3 Å². The van der Waals surface area contributed by atoms with Crippen LogP contribution < -0.4 is 21.9 Å². The Bertz CT molecular complexity index is 1240. The van der Waals surface area contributed by atoms with Crippen molar-refractivity contribution in [3.63, 3.8) is 0 Å². The number of carbonyl (C=O) groups is 1. The van der Waals surface area contributed by atoms with Crippen LogP contribution in [0.1, 0.15) is 32.6 Å². The number of piperidine rings is 1. The predicted molar refractivity (Wildman–Crippen MR) is 127 cm³/mol. The monoisotopic (exact) mass is 497 g/mol. The number of H-pyrrole nitrogens is 1. The highest BCUT2D eigenvalue weighted by Crippen LogP contribution is 2.27. The summed E-state index contributed by atoms with van der Waals surface area (Å²) in [5, 5.41) is 0.422. The Kier molecular flexibility index (Phi) is 7.65. The Morgan fingerprint density at radius 3 is 2.58 bits per heavy atom. The number of carbonyl (C=O) groups excluding carboxylic acids is 1. The van der Waals surface area contributed by atoms with Crippen molar-refractivity contribution in [3.8, 4) is 0 Å². The molecule has 1 saturated heterocycles. The van der Waals surface area contributed by atoms with Crippen molar-refractivity contribution < 1.29 is 13.2 Å².